The fourth-order valence-electron chi connectivity index (χ4n) is 2.23. The van der Waals surface area contributed by atoms with Gasteiger partial charge in [-0.3, -0.25) is 14.9 Å². The van der Waals surface area contributed by atoms with Crippen molar-refractivity contribution in [1.29, 1.82) is 0 Å². The topological polar surface area (TPSA) is 127 Å². The zero-order valence-electron chi connectivity index (χ0n) is 13.0. The number of thiophene rings is 1. The number of hydrogen-bond acceptors (Lipinski definition) is 6. The van der Waals surface area contributed by atoms with E-state index in [0.29, 0.717) is 17.8 Å². The van der Waals surface area contributed by atoms with Crippen LogP contribution in [0.25, 0.3) is 0 Å². The van der Waals surface area contributed by atoms with Gasteiger partial charge in [-0.2, -0.15) is 0 Å². The summed E-state index contributed by atoms with van der Waals surface area (Å²) in [4.78, 5) is 20.9. The van der Waals surface area contributed by atoms with Crippen LogP contribution in [0.4, 0.5) is 5.00 Å². The van der Waals surface area contributed by atoms with Gasteiger partial charge in [0.2, 0.25) is 0 Å². The Morgan fingerprint density at radius 3 is 2.48 bits per heavy atom. The molecule has 0 aliphatic carbocycles. The Hall–Kier alpha value is -2.30. The summed E-state index contributed by atoms with van der Waals surface area (Å²) in [6.07, 6.45) is 0.238. The van der Waals surface area contributed by atoms with E-state index in [0.717, 1.165) is 11.6 Å². The van der Waals surface area contributed by atoms with Gasteiger partial charge in [-0.25, -0.2) is 13.1 Å². The molecule has 1 aromatic heterocycles. The molecule has 2 N–H and O–H groups in total. The minimum Gasteiger partial charge on any atom is -0.481 e. The minimum absolute atomic E-state index is 0.108. The molecule has 0 aliphatic heterocycles. The molecule has 8 nitrogen and oxygen atoms in total. The monoisotopic (exact) mass is 384 g/mol. The van der Waals surface area contributed by atoms with Crippen molar-refractivity contribution < 1.29 is 23.2 Å². The Labute approximate surface area is 148 Å². The second-order valence-electron chi connectivity index (χ2n) is 5.29. The first-order valence-electron chi connectivity index (χ1n) is 7.30. The van der Waals surface area contributed by atoms with Crippen LogP contribution in [0.1, 0.15) is 18.4 Å². The number of carboxylic acid groups (broad SMARTS) is 1. The van der Waals surface area contributed by atoms with E-state index in [1.165, 1.54) is 6.07 Å². The zero-order chi connectivity index (χ0) is 18.4. The van der Waals surface area contributed by atoms with Crippen LogP contribution in [-0.4, -0.2) is 30.5 Å². The smallest absolute Gasteiger partial charge is 0.325 e. The number of benzene rings is 1. The SMILES string of the molecule is O=C(O)CCC(Cc1ccccc1)NS(=O)(=O)c1ccc([N+](=O)[O-])s1. The number of carbonyl (C=O) groups is 1. The third kappa shape index (κ3) is 5.62. The summed E-state index contributed by atoms with van der Waals surface area (Å²) >= 11 is 0.555. The highest BCUT2D eigenvalue weighted by atomic mass is 32.2. The summed E-state index contributed by atoms with van der Waals surface area (Å²) in [7, 11) is -3.97. The average Bonchev–Trinajstić information content (AvgIpc) is 3.04. The van der Waals surface area contributed by atoms with Crippen LogP contribution in [-0.2, 0) is 21.2 Å². The van der Waals surface area contributed by atoms with E-state index in [-0.39, 0.29) is 22.1 Å². The van der Waals surface area contributed by atoms with Crippen molar-refractivity contribution in [3.8, 4) is 0 Å². The average molecular weight is 384 g/mol. The predicted molar refractivity (Wildman–Crippen MR) is 92.1 cm³/mol. The molecule has 0 amide bonds. The molecule has 0 saturated carbocycles. The molecule has 134 valence electrons. The van der Waals surface area contributed by atoms with Gasteiger partial charge in [0.05, 0.1) is 4.92 Å². The van der Waals surface area contributed by atoms with Crippen LogP contribution in [0.3, 0.4) is 0 Å². The van der Waals surface area contributed by atoms with Gasteiger partial charge in [0, 0.05) is 18.5 Å². The fourth-order valence-corrected chi connectivity index (χ4v) is 4.62. The first kappa shape index (κ1) is 19.0. The van der Waals surface area contributed by atoms with Crippen LogP contribution < -0.4 is 4.72 Å². The lowest BCUT2D eigenvalue weighted by atomic mass is 10.0. The molecule has 0 saturated heterocycles. The Bertz CT molecular complexity index is 848. The number of rotatable bonds is 9. The van der Waals surface area contributed by atoms with Crippen molar-refractivity contribution in [2.75, 3.05) is 0 Å². The van der Waals surface area contributed by atoms with Crippen LogP contribution in [0, 0.1) is 10.1 Å². The highest BCUT2D eigenvalue weighted by Crippen LogP contribution is 2.28. The molecular weight excluding hydrogens is 368 g/mol. The number of sulfonamides is 1. The molecule has 2 rings (SSSR count). The largest absolute Gasteiger partial charge is 0.481 e. The van der Waals surface area contributed by atoms with Crippen molar-refractivity contribution in [1.82, 2.24) is 4.72 Å². The van der Waals surface area contributed by atoms with E-state index in [9.17, 15) is 23.3 Å². The molecule has 10 heteroatoms. The number of hydrogen-bond donors (Lipinski definition) is 2. The molecule has 25 heavy (non-hydrogen) atoms. The van der Waals surface area contributed by atoms with E-state index < -0.39 is 27.0 Å². The van der Waals surface area contributed by atoms with Gasteiger partial charge in [0.15, 0.2) is 0 Å². The lowest BCUT2D eigenvalue weighted by Gasteiger charge is -2.17. The molecule has 0 bridgehead atoms. The Morgan fingerprint density at radius 2 is 1.92 bits per heavy atom. The standard InChI is InChI=1S/C15H16N2O6S2/c18-14(19)8-6-12(10-11-4-2-1-3-5-11)16-25(22,23)15-9-7-13(24-15)17(20)21/h1-5,7,9,12,16H,6,8,10H2,(H,18,19). The second-order valence-corrected chi connectivity index (χ2v) is 8.29. The number of carboxylic acids is 1. The molecule has 1 atom stereocenters. The van der Waals surface area contributed by atoms with Crippen molar-refractivity contribution in [2.24, 2.45) is 0 Å². The maximum atomic E-state index is 12.4. The van der Waals surface area contributed by atoms with Crippen molar-refractivity contribution >= 4 is 32.3 Å². The van der Waals surface area contributed by atoms with Crippen LogP contribution >= 0.6 is 11.3 Å². The lowest BCUT2D eigenvalue weighted by molar-refractivity contribution is -0.380. The van der Waals surface area contributed by atoms with Gasteiger partial charge in [-0.1, -0.05) is 30.3 Å². The third-order valence-corrected chi connectivity index (χ3v) is 6.41. The summed E-state index contributed by atoms with van der Waals surface area (Å²) in [6.45, 7) is 0. The second kappa shape index (κ2) is 8.19. The first-order valence-corrected chi connectivity index (χ1v) is 9.60. The van der Waals surface area contributed by atoms with E-state index in [2.05, 4.69) is 4.72 Å². The maximum absolute atomic E-state index is 12.4. The van der Waals surface area contributed by atoms with Gasteiger partial charge < -0.3 is 5.11 Å². The van der Waals surface area contributed by atoms with Crippen LogP contribution in [0.5, 0.6) is 0 Å². The number of nitrogens with zero attached hydrogens (tertiary/aromatic N) is 1. The normalized spacial score (nSPS) is 12.6. The zero-order valence-corrected chi connectivity index (χ0v) is 14.6. The summed E-state index contributed by atoms with van der Waals surface area (Å²) in [5.74, 6) is -1.02. The molecule has 0 spiro atoms. The van der Waals surface area contributed by atoms with Crippen LogP contribution in [0.15, 0.2) is 46.7 Å². The Balaban J connectivity index is 2.17. The van der Waals surface area contributed by atoms with E-state index in [1.54, 1.807) is 12.1 Å². The Kier molecular flexibility index (Phi) is 6.23. The molecule has 0 aliphatic rings. The molecule has 0 fully saturated rings. The predicted octanol–water partition coefficient (Wildman–Crippen LogP) is 2.41. The maximum Gasteiger partial charge on any atom is 0.325 e. The highest BCUT2D eigenvalue weighted by molar-refractivity contribution is 7.91. The minimum atomic E-state index is -3.97. The molecule has 2 aromatic rings. The van der Waals surface area contributed by atoms with Crippen molar-refractivity contribution in [2.45, 2.75) is 29.5 Å². The first-order chi connectivity index (χ1) is 11.8. The van der Waals surface area contributed by atoms with Crippen molar-refractivity contribution in [3.05, 3.63) is 58.1 Å². The highest BCUT2D eigenvalue weighted by Gasteiger charge is 2.25. The molecular formula is C15H16N2O6S2. The van der Waals surface area contributed by atoms with Gasteiger partial charge in [-0.15, -0.1) is 0 Å². The Morgan fingerprint density at radius 1 is 1.24 bits per heavy atom. The number of nitrogens with one attached hydrogen (secondary N) is 1. The summed E-state index contributed by atoms with van der Waals surface area (Å²) in [5, 5.41) is 19.3. The van der Waals surface area contributed by atoms with Gasteiger partial charge >= 0.3 is 11.0 Å². The molecule has 0 radical (unpaired) electrons. The van der Waals surface area contributed by atoms with E-state index >= 15 is 0 Å². The van der Waals surface area contributed by atoms with Gasteiger partial charge in [-0.05, 0) is 35.8 Å². The summed E-state index contributed by atoms with van der Waals surface area (Å²) < 4.78 is 27.2. The number of nitro groups is 1. The summed E-state index contributed by atoms with van der Waals surface area (Å²) in [5.41, 5.74) is 0.859. The number of aliphatic carboxylic acids is 1. The molecule has 1 aromatic carbocycles. The van der Waals surface area contributed by atoms with E-state index in [1.807, 2.05) is 18.2 Å². The fraction of sp³-hybridized carbons (Fsp3) is 0.267. The quantitative estimate of drug-likeness (QED) is 0.505. The van der Waals surface area contributed by atoms with Crippen LogP contribution in [0.2, 0.25) is 0 Å². The van der Waals surface area contributed by atoms with Gasteiger partial charge in [0.1, 0.15) is 4.21 Å². The molecule has 1 unspecified atom stereocenters. The third-order valence-electron chi connectivity index (χ3n) is 3.37. The van der Waals surface area contributed by atoms with Crippen molar-refractivity contribution in [3.63, 3.8) is 0 Å². The molecule has 1 heterocycles. The van der Waals surface area contributed by atoms with Gasteiger partial charge in [0.25, 0.3) is 10.0 Å². The summed E-state index contributed by atoms with van der Waals surface area (Å²) in [6, 6.07) is 10.7. The lowest BCUT2D eigenvalue weighted by Crippen LogP contribution is -2.36. The van der Waals surface area contributed by atoms with E-state index in [4.69, 9.17) is 5.11 Å².